The van der Waals surface area contributed by atoms with E-state index in [9.17, 15) is 9.59 Å². The van der Waals surface area contributed by atoms with Crippen LogP contribution in [0.4, 0.5) is 0 Å². The fraction of sp³-hybridized carbons (Fsp3) is 0.636. The summed E-state index contributed by atoms with van der Waals surface area (Å²) in [6.07, 6.45) is 1.64. The van der Waals surface area contributed by atoms with Crippen molar-refractivity contribution in [2.75, 3.05) is 19.6 Å². The van der Waals surface area contributed by atoms with Gasteiger partial charge in [-0.25, -0.2) is 4.68 Å². The van der Waals surface area contributed by atoms with E-state index >= 15 is 0 Å². The van der Waals surface area contributed by atoms with E-state index in [0.29, 0.717) is 18.8 Å². The van der Waals surface area contributed by atoms with Crippen molar-refractivity contribution in [1.82, 2.24) is 25.2 Å². The molecule has 0 saturated carbocycles. The van der Waals surface area contributed by atoms with Gasteiger partial charge < -0.3 is 16.0 Å². The van der Waals surface area contributed by atoms with Crippen molar-refractivity contribution in [2.24, 2.45) is 5.73 Å². The number of nitrogens with zero attached hydrogens (tertiary/aromatic N) is 4. The first kappa shape index (κ1) is 15.1. The fourth-order valence-corrected chi connectivity index (χ4v) is 1.57. The Morgan fingerprint density at radius 3 is 2.68 bits per heavy atom. The van der Waals surface area contributed by atoms with Crippen LogP contribution in [-0.2, 0) is 22.7 Å². The summed E-state index contributed by atoms with van der Waals surface area (Å²) in [6.45, 7) is 5.55. The average molecular weight is 268 g/mol. The second kappa shape index (κ2) is 7.47. The summed E-state index contributed by atoms with van der Waals surface area (Å²) in [5, 5.41) is 10.3. The Morgan fingerprint density at radius 2 is 2.11 bits per heavy atom. The van der Waals surface area contributed by atoms with Crippen LogP contribution in [0, 0.1) is 0 Å². The molecular weight excluding hydrogens is 248 g/mol. The molecule has 0 bridgehead atoms. The maximum atomic E-state index is 11.8. The van der Waals surface area contributed by atoms with Crippen molar-refractivity contribution >= 4 is 11.8 Å². The molecule has 1 heterocycles. The molecule has 1 aromatic heterocycles. The predicted molar refractivity (Wildman–Crippen MR) is 68.9 cm³/mol. The standard InChI is InChI=1S/C11H20N6O2/c1-3-16(4-2)11(19)8-17-7-9(14-15-17)6-13-10(18)5-12/h7H,3-6,8,12H2,1-2H3,(H,13,18). The Bertz CT molecular complexity index is 427. The van der Waals surface area contributed by atoms with Crippen LogP contribution in [0.3, 0.4) is 0 Å². The Morgan fingerprint density at radius 1 is 1.42 bits per heavy atom. The van der Waals surface area contributed by atoms with Gasteiger partial charge in [0.1, 0.15) is 12.2 Å². The van der Waals surface area contributed by atoms with Crippen molar-refractivity contribution in [3.8, 4) is 0 Å². The fourth-order valence-electron chi connectivity index (χ4n) is 1.57. The lowest BCUT2D eigenvalue weighted by Gasteiger charge is -2.17. The SMILES string of the molecule is CCN(CC)C(=O)Cn1cc(CNC(=O)CN)nn1. The lowest BCUT2D eigenvalue weighted by molar-refractivity contribution is -0.131. The second-order valence-electron chi connectivity index (χ2n) is 3.95. The molecule has 0 aromatic carbocycles. The Hall–Kier alpha value is -1.96. The molecule has 0 fully saturated rings. The molecule has 0 spiro atoms. The third-order valence-electron chi connectivity index (χ3n) is 2.65. The molecule has 106 valence electrons. The molecular formula is C11H20N6O2. The Labute approximate surface area is 111 Å². The third kappa shape index (κ3) is 4.66. The smallest absolute Gasteiger partial charge is 0.244 e. The molecule has 0 radical (unpaired) electrons. The molecule has 0 aliphatic heterocycles. The number of hydrogen-bond donors (Lipinski definition) is 2. The molecule has 8 heteroatoms. The van der Waals surface area contributed by atoms with E-state index < -0.39 is 0 Å². The van der Waals surface area contributed by atoms with Crippen molar-refractivity contribution in [2.45, 2.75) is 26.9 Å². The van der Waals surface area contributed by atoms with Crippen molar-refractivity contribution < 1.29 is 9.59 Å². The lowest BCUT2D eigenvalue weighted by Crippen LogP contribution is -2.33. The highest BCUT2D eigenvalue weighted by atomic mass is 16.2. The summed E-state index contributed by atoms with van der Waals surface area (Å²) < 4.78 is 1.46. The van der Waals surface area contributed by atoms with Crippen LogP contribution >= 0.6 is 0 Å². The third-order valence-corrected chi connectivity index (χ3v) is 2.65. The monoisotopic (exact) mass is 268 g/mol. The minimum atomic E-state index is -0.256. The number of amides is 2. The number of aromatic nitrogens is 3. The second-order valence-corrected chi connectivity index (χ2v) is 3.95. The van der Waals surface area contributed by atoms with Crippen LogP contribution in [0.2, 0.25) is 0 Å². The van der Waals surface area contributed by atoms with E-state index in [1.165, 1.54) is 4.68 Å². The van der Waals surface area contributed by atoms with Gasteiger partial charge in [-0.1, -0.05) is 5.21 Å². The van der Waals surface area contributed by atoms with Gasteiger partial charge in [0, 0.05) is 13.1 Å². The van der Waals surface area contributed by atoms with Crippen LogP contribution in [0.5, 0.6) is 0 Å². The zero-order chi connectivity index (χ0) is 14.3. The van der Waals surface area contributed by atoms with Crippen LogP contribution in [0.25, 0.3) is 0 Å². The zero-order valence-corrected chi connectivity index (χ0v) is 11.3. The largest absolute Gasteiger partial charge is 0.349 e. The van der Waals surface area contributed by atoms with Gasteiger partial charge in [0.25, 0.3) is 0 Å². The maximum absolute atomic E-state index is 11.8. The Kier molecular flexibility index (Phi) is 5.94. The normalized spacial score (nSPS) is 10.3. The van der Waals surface area contributed by atoms with Crippen molar-refractivity contribution in [3.05, 3.63) is 11.9 Å². The molecule has 1 aromatic rings. The maximum Gasteiger partial charge on any atom is 0.244 e. The summed E-state index contributed by atoms with van der Waals surface area (Å²) in [6, 6.07) is 0. The summed E-state index contributed by atoms with van der Waals surface area (Å²) >= 11 is 0. The van der Waals surface area contributed by atoms with E-state index in [-0.39, 0.29) is 31.4 Å². The summed E-state index contributed by atoms with van der Waals surface area (Å²) in [4.78, 5) is 24.6. The number of nitrogens with one attached hydrogen (secondary N) is 1. The van der Waals surface area contributed by atoms with Crippen LogP contribution in [0.1, 0.15) is 19.5 Å². The highest BCUT2D eigenvalue weighted by Crippen LogP contribution is 1.96. The first-order valence-electron chi connectivity index (χ1n) is 6.24. The molecule has 0 aliphatic rings. The molecule has 2 amide bonds. The van der Waals surface area contributed by atoms with Crippen molar-refractivity contribution in [3.63, 3.8) is 0 Å². The molecule has 3 N–H and O–H groups in total. The van der Waals surface area contributed by atoms with Crippen LogP contribution < -0.4 is 11.1 Å². The summed E-state index contributed by atoms with van der Waals surface area (Å²) in [5.74, 6) is -0.263. The van der Waals surface area contributed by atoms with Gasteiger partial charge in [-0.05, 0) is 13.8 Å². The first-order valence-corrected chi connectivity index (χ1v) is 6.24. The van der Waals surface area contributed by atoms with Gasteiger partial charge in [-0.2, -0.15) is 0 Å². The quantitative estimate of drug-likeness (QED) is 0.640. The number of carbonyl (C=O) groups is 2. The van der Waals surface area contributed by atoms with E-state index in [1.807, 2.05) is 13.8 Å². The highest BCUT2D eigenvalue weighted by Gasteiger charge is 2.11. The molecule has 0 aliphatic carbocycles. The summed E-state index contributed by atoms with van der Waals surface area (Å²) in [5.41, 5.74) is 5.76. The number of carbonyl (C=O) groups excluding carboxylic acids is 2. The number of nitrogens with two attached hydrogens (primary N) is 1. The van der Waals surface area contributed by atoms with Gasteiger partial charge in [0.2, 0.25) is 11.8 Å². The van der Waals surface area contributed by atoms with Crippen LogP contribution in [-0.4, -0.2) is 51.3 Å². The Balaban J connectivity index is 2.50. The molecule has 19 heavy (non-hydrogen) atoms. The lowest BCUT2D eigenvalue weighted by atomic mass is 10.4. The van der Waals surface area contributed by atoms with Gasteiger partial charge >= 0.3 is 0 Å². The minimum Gasteiger partial charge on any atom is -0.349 e. The van der Waals surface area contributed by atoms with Gasteiger partial charge in [0.05, 0.1) is 19.3 Å². The van der Waals surface area contributed by atoms with E-state index in [2.05, 4.69) is 15.6 Å². The van der Waals surface area contributed by atoms with Gasteiger partial charge in [-0.15, -0.1) is 5.10 Å². The highest BCUT2D eigenvalue weighted by molar-refractivity contribution is 5.77. The van der Waals surface area contributed by atoms with Crippen LogP contribution in [0.15, 0.2) is 6.20 Å². The summed E-state index contributed by atoms with van der Waals surface area (Å²) in [7, 11) is 0. The van der Waals surface area contributed by atoms with E-state index in [0.717, 1.165) is 0 Å². The zero-order valence-electron chi connectivity index (χ0n) is 11.3. The molecule has 8 nitrogen and oxygen atoms in total. The van der Waals surface area contributed by atoms with Gasteiger partial charge in [-0.3, -0.25) is 9.59 Å². The predicted octanol–water partition coefficient (Wildman–Crippen LogP) is -1.28. The molecule has 0 unspecified atom stereocenters. The average Bonchev–Trinajstić information content (AvgIpc) is 2.85. The number of hydrogen-bond acceptors (Lipinski definition) is 5. The molecule has 1 rings (SSSR count). The van der Waals surface area contributed by atoms with Crippen molar-refractivity contribution in [1.29, 1.82) is 0 Å². The van der Waals surface area contributed by atoms with Gasteiger partial charge in [0.15, 0.2) is 0 Å². The molecule has 0 saturated heterocycles. The number of likely N-dealkylation sites (N-methyl/N-ethyl adjacent to an activating group) is 1. The van der Waals surface area contributed by atoms with E-state index in [1.54, 1.807) is 11.1 Å². The molecule has 0 atom stereocenters. The number of rotatable bonds is 7. The van der Waals surface area contributed by atoms with E-state index in [4.69, 9.17) is 5.73 Å². The first-order chi connectivity index (χ1) is 9.10. The topological polar surface area (TPSA) is 106 Å². The minimum absolute atomic E-state index is 0.00700.